The van der Waals surface area contributed by atoms with E-state index in [1.54, 1.807) is 30.3 Å². The molecule has 0 aliphatic carbocycles. The van der Waals surface area contributed by atoms with Gasteiger partial charge in [0.25, 0.3) is 0 Å². The van der Waals surface area contributed by atoms with Crippen LogP contribution in [0.5, 0.6) is 0 Å². The number of para-hydroxylation sites is 2. The topological polar surface area (TPSA) is 63.3 Å². The van der Waals surface area contributed by atoms with Gasteiger partial charge in [0.05, 0.1) is 0 Å². The van der Waals surface area contributed by atoms with Crippen molar-refractivity contribution in [3.8, 4) is 0 Å². The van der Waals surface area contributed by atoms with Crippen LogP contribution in [0.2, 0.25) is 0 Å². The van der Waals surface area contributed by atoms with E-state index in [2.05, 4.69) is 4.98 Å². The molecule has 0 amide bonds. The number of aliphatic hydroxyl groups is 1. The molecule has 0 aliphatic rings. The Hall–Kier alpha value is -3.14. The average Bonchev–Trinajstić information content (AvgIpc) is 2.55. The Labute approximate surface area is 126 Å². The molecular formula is C18H13NO3. The fourth-order valence-electron chi connectivity index (χ4n) is 1.99. The lowest BCUT2D eigenvalue weighted by Gasteiger charge is -1.97. The van der Waals surface area contributed by atoms with Crippen molar-refractivity contribution < 1.29 is 9.52 Å². The Bertz CT molecular complexity index is 908. The minimum absolute atomic E-state index is 0.0638. The van der Waals surface area contributed by atoms with Gasteiger partial charge in [-0.15, -0.1) is 0 Å². The molecule has 3 rings (SSSR count). The number of rotatable bonds is 3. The summed E-state index contributed by atoms with van der Waals surface area (Å²) in [7, 11) is 0. The third kappa shape index (κ3) is 3.12. The molecule has 0 atom stereocenters. The molecule has 1 aromatic heterocycles. The molecule has 1 N–H and O–H groups in total. The van der Waals surface area contributed by atoms with E-state index in [1.165, 1.54) is 12.2 Å². The Morgan fingerprint density at radius 2 is 1.77 bits per heavy atom. The zero-order valence-electron chi connectivity index (χ0n) is 11.6. The Morgan fingerprint density at radius 3 is 2.59 bits per heavy atom. The van der Waals surface area contributed by atoms with E-state index in [-0.39, 0.29) is 11.5 Å². The lowest BCUT2D eigenvalue weighted by molar-refractivity contribution is 0.437. The molecule has 0 aliphatic heterocycles. The van der Waals surface area contributed by atoms with Crippen LogP contribution in [0, 0.1) is 0 Å². The van der Waals surface area contributed by atoms with E-state index in [9.17, 15) is 9.90 Å². The first-order chi connectivity index (χ1) is 10.7. The van der Waals surface area contributed by atoms with Crippen molar-refractivity contribution in [1.82, 2.24) is 4.98 Å². The van der Waals surface area contributed by atoms with E-state index in [1.807, 2.05) is 30.3 Å². The molecular weight excluding hydrogens is 278 g/mol. The number of benzene rings is 2. The predicted molar refractivity (Wildman–Crippen MR) is 86.4 cm³/mol. The predicted octanol–water partition coefficient (Wildman–Crippen LogP) is 3.80. The van der Waals surface area contributed by atoms with Crippen LogP contribution in [-0.2, 0) is 0 Å². The average molecular weight is 291 g/mol. The third-order valence-electron chi connectivity index (χ3n) is 3.05. The minimum Gasteiger partial charge on any atom is -0.508 e. The second kappa shape index (κ2) is 6.10. The van der Waals surface area contributed by atoms with Crippen LogP contribution in [0.15, 0.2) is 75.6 Å². The van der Waals surface area contributed by atoms with E-state index in [0.29, 0.717) is 11.1 Å². The molecule has 0 unspecified atom stereocenters. The normalized spacial score (nSPS) is 12.1. The van der Waals surface area contributed by atoms with Crippen LogP contribution >= 0.6 is 0 Å². The summed E-state index contributed by atoms with van der Waals surface area (Å²) in [5.41, 5.74) is 1.41. The molecule has 0 radical (unpaired) electrons. The number of nitrogens with zero attached hydrogens (tertiary/aromatic N) is 1. The number of aliphatic hydroxyl groups excluding tert-OH is 1. The van der Waals surface area contributed by atoms with E-state index >= 15 is 0 Å². The summed E-state index contributed by atoms with van der Waals surface area (Å²) in [4.78, 5) is 16.0. The van der Waals surface area contributed by atoms with Crippen LogP contribution < -0.4 is 5.63 Å². The van der Waals surface area contributed by atoms with Crippen LogP contribution in [-0.4, -0.2) is 10.1 Å². The van der Waals surface area contributed by atoms with Crippen molar-refractivity contribution in [3.63, 3.8) is 0 Å². The van der Waals surface area contributed by atoms with Crippen LogP contribution in [0.4, 0.5) is 0 Å². The van der Waals surface area contributed by atoms with Gasteiger partial charge in [-0.2, -0.15) is 0 Å². The lowest BCUT2D eigenvalue weighted by atomic mass is 10.2. The quantitative estimate of drug-likeness (QED) is 0.589. The van der Waals surface area contributed by atoms with Crippen molar-refractivity contribution in [2.75, 3.05) is 0 Å². The molecule has 2 aromatic carbocycles. The van der Waals surface area contributed by atoms with Gasteiger partial charge in [-0.3, -0.25) is 0 Å². The fraction of sp³-hybridized carbons (Fsp3) is 0. The van der Waals surface area contributed by atoms with Gasteiger partial charge in [0.1, 0.15) is 11.3 Å². The van der Waals surface area contributed by atoms with Gasteiger partial charge in [0, 0.05) is 6.08 Å². The zero-order valence-corrected chi connectivity index (χ0v) is 11.6. The fourth-order valence-corrected chi connectivity index (χ4v) is 1.99. The van der Waals surface area contributed by atoms with E-state index in [4.69, 9.17) is 4.42 Å². The summed E-state index contributed by atoms with van der Waals surface area (Å²) >= 11 is 0. The second-order valence-electron chi connectivity index (χ2n) is 4.67. The highest BCUT2D eigenvalue weighted by atomic mass is 16.4. The van der Waals surface area contributed by atoms with Gasteiger partial charge in [0.2, 0.25) is 0 Å². The first-order valence-electron chi connectivity index (χ1n) is 6.76. The number of hydrogen-bond acceptors (Lipinski definition) is 4. The molecule has 0 spiro atoms. The molecule has 4 nitrogen and oxygen atoms in total. The maximum atomic E-state index is 11.8. The summed E-state index contributed by atoms with van der Waals surface area (Å²) in [5, 5.41) is 9.91. The van der Waals surface area contributed by atoms with Gasteiger partial charge in [0.15, 0.2) is 11.3 Å². The molecule has 0 bridgehead atoms. The second-order valence-corrected chi connectivity index (χ2v) is 4.67. The van der Waals surface area contributed by atoms with Crippen LogP contribution in [0.25, 0.3) is 23.3 Å². The van der Waals surface area contributed by atoms with Gasteiger partial charge in [-0.25, -0.2) is 9.78 Å². The first-order valence-corrected chi connectivity index (χ1v) is 6.76. The molecule has 22 heavy (non-hydrogen) atoms. The monoisotopic (exact) mass is 291 g/mol. The SMILES string of the molecule is O=c1oc2ccccc2nc1C=C(O)/C=C/c1ccccc1. The van der Waals surface area contributed by atoms with Gasteiger partial charge < -0.3 is 9.52 Å². The van der Waals surface area contributed by atoms with Gasteiger partial charge in [-0.05, 0) is 23.8 Å². The highest BCUT2D eigenvalue weighted by Gasteiger charge is 2.04. The summed E-state index contributed by atoms with van der Waals surface area (Å²) in [6.07, 6.45) is 4.54. The highest BCUT2D eigenvalue weighted by Crippen LogP contribution is 2.11. The van der Waals surface area contributed by atoms with Crippen molar-refractivity contribution >= 4 is 23.3 Å². The van der Waals surface area contributed by atoms with Crippen molar-refractivity contribution in [2.45, 2.75) is 0 Å². The summed E-state index contributed by atoms with van der Waals surface area (Å²) in [6.45, 7) is 0. The molecule has 0 fully saturated rings. The third-order valence-corrected chi connectivity index (χ3v) is 3.05. The summed E-state index contributed by atoms with van der Waals surface area (Å²) < 4.78 is 5.16. The van der Waals surface area contributed by atoms with Crippen LogP contribution in [0.3, 0.4) is 0 Å². The van der Waals surface area contributed by atoms with Crippen molar-refractivity contribution in [2.24, 2.45) is 0 Å². The maximum Gasteiger partial charge on any atom is 0.362 e. The summed E-state index contributed by atoms with van der Waals surface area (Å²) in [5.74, 6) is -0.0704. The smallest absolute Gasteiger partial charge is 0.362 e. The molecule has 1 heterocycles. The molecule has 0 saturated carbocycles. The Morgan fingerprint density at radius 1 is 1.05 bits per heavy atom. The number of fused-ring (bicyclic) bond motifs is 1. The lowest BCUT2D eigenvalue weighted by Crippen LogP contribution is -2.06. The van der Waals surface area contributed by atoms with Gasteiger partial charge in [-0.1, -0.05) is 48.5 Å². The molecule has 4 heteroatoms. The first kappa shape index (κ1) is 13.8. The van der Waals surface area contributed by atoms with Crippen LogP contribution in [0.1, 0.15) is 11.3 Å². The maximum absolute atomic E-state index is 11.8. The highest BCUT2D eigenvalue weighted by molar-refractivity contribution is 5.72. The van der Waals surface area contributed by atoms with E-state index < -0.39 is 5.63 Å². The van der Waals surface area contributed by atoms with Crippen molar-refractivity contribution in [1.29, 1.82) is 0 Å². The standard InChI is InChI=1S/C18H13NO3/c20-14(11-10-13-6-2-1-3-7-13)12-16-18(21)22-17-9-5-4-8-15(17)19-16/h1-12,20H/b11-10+,14-12?. The molecule has 3 aromatic rings. The van der Waals surface area contributed by atoms with E-state index in [0.717, 1.165) is 5.56 Å². The number of aromatic nitrogens is 1. The number of allylic oxidation sites excluding steroid dienone is 1. The molecule has 0 saturated heterocycles. The Balaban J connectivity index is 1.92. The van der Waals surface area contributed by atoms with Gasteiger partial charge >= 0.3 is 5.63 Å². The Kier molecular flexibility index (Phi) is 3.83. The zero-order chi connectivity index (χ0) is 15.4. The minimum atomic E-state index is -0.585. The summed E-state index contributed by atoms with van der Waals surface area (Å²) in [6, 6.07) is 16.5. The number of hydrogen-bond donors (Lipinski definition) is 1. The van der Waals surface area contributed by atoms with Crippen molar-refractivity contribution in [3.05, 3.63) is 88.1 Å². The largest absolute Gasteiger partial charge is 0.508 e. The molecule has 108 valence electrons.